The van der Waals surface area contributed by atoms with Crippen LogP contribution in [0.5, 0.6) is 0 Å². The van der Waals surface area contributed by atoms with E-state index in [2.05, 4.69) is 72.3 Å². The van der Waals surface area contributed by atoms with E-state index in [1.807, 2.05) is 0 Å². The van der Waals surface area contributed by atoms with Crippen molar-refractivity contribution >= 4 is 70.9 Å². The number of hydrogen-bond donors (Lipinski definition) is 19. The molecule has 0 aromatic heterocycles. The minimum Gasteiger partial charge on any atom is -0.481 e. The predicted molar refractivity (Wildman–Crippen MR) is 329 cm³/mol. The Hall–Kier alpha value is -7.42. The van der Waals surface area contributed by atoms with Crippen LogP contribution in [0.3, 0.4) is 0 Å². The van der Waals surface area contributed by atoms with Crippen LogP contribution >= 0.6 is 0 Å². The summed E-state index contributed by atoms with van der Waals surface area (Å²) in [6, 6.07) is -6.23. The summed E-state index contributed by atoms with van der Waals surface area (Å²) in [7, 11) is 0. The zero-order chi connectivity index (χ0) is 67.3. The summed E-state index contributed by atoms with van der Waals surface area (Å²) < 4.78 is 0. The molecule has 0 aliphatic carbocycles. The first-order valence-electron chi connectivity index (χ1n) is 30.5. The number of aliphatic carboxylic acids is 1. The molecule has 13 atom stereocenters. The fraction of sp³-hybridized carbons (Fsp3) is 0.690. The molecular weight excluding hydrogens is 1160 g/mol. The monoisotopic (exact) mass is 1260 g/mol. The second kappa shape index (κ2) is 43.3. The van der Waals surface area contributed by atoms with Gasteiger partial charge in [0.25, 0.3) is 5.97 Å². The fourth-order valence-electron chi connectivity index (χ4n) is 9.12. The molecule has 0 unspecified atom stereocenters. The number of aliphatic hydroxyl groups is 2. The zero-order valence-electron chi connectivity index (χ0n) is 52.5. The Morgan fingerprint density at radius 2 is 1.04 bits per heavy atom. The molecule has 31 nitrogen and oxygen atoms in total. The van der Waals surface area contributed by atoms with Gasteiger partial charge in [-0.25, -0.2) is 0 Å². The standard InChI is InChI=1S/C56H98N16O13.C2H4O2/c1-7-32(4)13-11-12-16-44(75)63-36(17-23-57)51(80)72-46(34(6)74)56(85)68-39(20-26-60)48(77)67-41-22-28-62-55(84)45(33(5)73)71-52(81)40(21-27-61)65-47(76)37(18-24-58)66-53(82)42(29-31(2)3)69-54(83)43(30-35-14-9-8-10-15-35)70-49(78)38(19-25-59)64-50(41)79;1-2(3)4/h8-10,14-15,31-34,36-43,45-46,73-74H,7,11-13,16-30,57-61H2,1-6H3,(H,62,84)(H,63,75)(H,64,79)(H,65,76)(H,66,82)(H,67,77)(H,68,85)(H,69,83)(H,70,78)(H,71,81)(H,72,80);1H3,(H,3,4)/t32-,33+,34+,36-,37-,38-,39-,40-,41-,42-,43+,45-,46-;/m0./s1. The molecule has 0 spiro atoms. The minimum atomic E-state index is -1.70. The summed E-state index contributed by atoms with van der Waals surface area (Å²) >= 11 is 0. The maximum atomic E-state index is 14.5. The van der Waals surface area contributed by atoms with Crippen LogP contribution in [-0.2, 0) is 64.0 Å². The lowest BCUT2D eigenvalue weighted by Crippen LogP contribution is -2.62. The number of unbranched alkanes of at least 4 members (excludes halogenated alkanes) is 1. The Bertz CT molecular complexity index is 2420. The first kappa shape index (κ1) is 79.6. The molecule has 0 bridgehead atoms. The SMILES string of the molecule is CC(=O)O.CC[C@H](C)CCCCC(=O)N[C@@H](CCN)C(=O)N[C@H](C(=O)N[C@@H](CCN)C(=O)N[C@H]1CCNC(=O)[C@H]([C@@H](C)O)NC(=O)[C@H](CCN)NC(=O)[C@H](CCN)NC(=O)[C@H](CC(C)C)NC(=O)[C@@H](Cc2ccccc2)NC(=O)[C@H](CCN)NC1=O)[C@@H](C)O. The van der Waals surface area contributed by atoms with E-state index in [0.29, 0.717) is 17.9 Å². The highest BCUT2D eigenvalue weighted by molar-refractivity contribution is 5.99. The molecular formula is C58H102N16O15. The van der Waals surface area contributed by atoms with Crippen molar-refractivity contribution in [3.05, 3.63) is 35.9 Å². The number of carboxylic acid groups (broad SMARTS) is 1. The van der Waals surface area contributed by atoms with Crippen molar-refractivity contribution in [1.29, 1.82) is 0 Å². The van der Waals surface area contributed by atoms with Crippen LogP contribution in [0.15, 0.2) is 30.3 Å². The van der Waals surface area contributed by atoms with Gasteiger partial charge in [-0.05, 0) is 115 Å². The molecule has 0 saturated carbocycles. The van der Waals surface area contributed by atoms with Gasteiger partial charge in [-0.1, -0.05) is 77.3 Å². The third kappa shape index (κ3) is 31.1. The van der Waals surface area contributed by atoms with Crippen LogP contribution in [0.25, 0.3) is 0 Å². The van der Waals surface area contributed by atoms with Crippen LogP contribution in [-0.4, -0.2) is 198 Å². The summed E-state index contributed by atoms with van der Waals surface area (Å²) in [6.45, 7) is 10.1. The van der Waals surface area contributed by atoms with Crippen molar-refractivity contribution in [1.82, 2.24) is 58.5 Å². The third-order valence-electron chi connectivity index (χ3n) is 14.3. The number of nitrogens with one attached hydrogen (secondary N) is 11. The van der Waals surface area contributed by atoms with Crippen molar-refractivity contribution in [3.8, 4) is 0 Å². The molecule has 1 fully saturated rings. The van der Waals surface area contributed by atoms with Crippen LogP contribution < -0.4 is 87.2 Å². The van der Waals surface area contributed by atoms with E-state index >= 15 is 0 Å². The normalized spacial score (nSPS) is 22.1. The predicted octanol–water partition coefficient (Wildman–Crippen LogP) is -5.15. The lowest BCUT2D eigenvalue weighted by molar-refractivity contribution is -0.137. The number of carbonyl (C=O) groups excluding carboxylic acids is 11. The molecule has 31 heteroatoms. The van der Waals surface area contributed by atoms with Gasteiger partial charge in [-0.3, -0.25) is 57.5 Å². The van der Waals surface area contributed by atoms with Crippen LogP contribution in [0.2, 0.25) is 0 Å². The Morgan fingerprint density at radius 1 is 0.573 bits per heavy atom. The first-order valence-corrected chi connectivity index (χ1v) is 30.5. The second-order valence-electron chi connectivity index (χ2n) is 22.6. The zero-order valence-corrected chi connectivity index (χ0v) is 52.5. The molecule has 1 aromatic rings. The number of carboxylic acids is 1. The van der Waals surface area contributed by atoms with Crippen molar-refractivity contribution in [2.24, 2.45) is 40.5 Å². The number of aliphatic hydroxyl groups excluding tert-OH is 2. The van der Waals surface area contributed by atoms with Gasteiger partial charge < -0.3 is 102 Å². The molecule has 1 heterocycles. The number of carbonyl (C=O) groups is 12. The molecule has 1 aliphatic heterocycles. The van der Waals surface area contributed by atoms with E-state index in [0.717, 1.165) is 26.2 Å². The van der Waals surface area contributed by atoms with Gasteiger partial charge in [0, 0.05) is 26.3 Å². The van der Waals surface area contributed by atoms with Crippen molar-refractivity contribution in [2.75, 3.05) is 39.3 Å². The van der Waals surface area contributed by atoms with Gasteiger partial charge in [0.2, 0.25) is 65.0 Å². The molecule has 89 heavy (non-hydrogen) atoms. The van der Waals surface area contributed by atoms with Crippen LogP contribution in [0.1, 0.15) is 131 Å². The summed E-state index contributed by atoms with van der Waals surface area (Å²) in [5.74, 6) is -10.3. The number of rotatable bonds is 29. The van der Waals surface area contributed by atoms with Crippen molar-refractivity contribution in [3.63, 3.8) is 0 Å². The van der Waals surface area contributed by atoms with E-state index < -0.39 is 157 Å². The van der Waals surface area contributed by atoms with Gasteiger partial charge in [0.1, 0.15) is 60.4 Å². The summed E-state index contributed by atoms with van der Waals surface area (Å²) in [5, 5.41) is 57.1. The van der Waals surface area contributed by atoms with Crippen molar-refractivity contribution in [2.45, 2.75) is 205 Å². The number of benzene rings is 1. The summed E-state index contributed by atoms with van der Waals surface area (Å²) in [6.07, 6.45) is -1.05. The third-order valence-corrected chi connectivity index (χ3v) is 14.3. The van der Waals surface area contributed by atoms with E-state index in [4.69, 9.17) is 38.6 Å². The Labute approximate surface area is 520 Å². The summed E-state index contributed by atoms with van der Waals surface area (Å²) in [5.41, 5.74) is 29.9. The molecule has 11 amide bonds. The number of hydrogen-bond acceptors (Lipinski definition) is 19. The molecule has 504 valence electrons. The molecule has 1 aromatic carbocycles. The van der Waals surface area contributed by atoms with E-state index in [9.17, 15) is 63.0 Å². The van der Waals surface area contributed by atoms with Gasteiger partial charge in [0.05, 0.1) is 12.2 Å². The molecule has 1 saturated heterocycles. The largest absolute Gasteiger partial charge is 0.481 e. The fourth-order valence-corrected chi connectivity index (χ4v) is 9.12. The van der Waals surface area contributed by atoms with Gasteiger partial charge in [-0.2, -0.15) is 0 Å². The maximum Gasteiger partial charge on any atom is 0.300 e. The Kier molecular flexibility index (Phi) is 38.7. The minimum absolute atomic E-state index is 0.0173. The lowest BCUT2D eigenvalue weighted by Gasteiger charge is -2.29. The van der Waals surface area contributed by atoms with Crippen LogP contribution in [0, 0.1) is 11.8 Å². The number of nitrogens with two attached hydrogens (primary N) is 5. The molecule has 2 rings (SSSR count). The van der Waals surface area contributed by atoms with Crippen LogP contribution in [0.4, 0.5) is 0 Å². The van der Waals surface area contributed by atoms with Gasteiger partial charge in [-0.15, -0.1) is 0 Å². The summed E-state index contributed by atoms with van der Waals surface area (Å²) in [4.78, 5) is 163. The molecule has 1 aliphatic rings. The second-order valence-corrected chi connectivity index (χ2v) is 22.6. The van der Waals surface area contributed by atoms with E-state index in [1.165, 1.54) is 13.8 Å². The highest BCUT2D eigenvalue weighted by atomic mass is 16.4. The average molecular weight is 1260 g/mol. The highest BCUT2D eigenvalue weighted by Crippen LogP contribution is 2.14. The topological polar surface area (TPSA) is 528 Å². The quantitative estimate of drug-likeness (QED) is 0.0334. The average Bonchev–Trinajstić information content (AvgIpc) is 2.28. The van der Waals surface area contributed by atoms with Gasteiger partial charge >= 0.3 is 0 Å². The van der Waals surface area contributed by atoms with E-state index in [1.54, 1.807) is 44.2 Å². The highest BCUT2D eigenvalue weighted by Gasteiger charge is 2.37. The van der Waals surface area contributed by atoms with Crippen molar-refractivity contribution < 1.29 is 72.9 Å². The smallest absolute Gasteiger partial charge is 0.300 e. The Balaban J connectivity index is 0.00000958. The first-order chi connectivity index (χ1) is 42.1. The molecule has 24 N–H and O–H groups in total. The molecule has 0 radical (unpaired) electrons. The Morgan fingerprint density at radius 3 is 1.53 bits per heavy atom. The maximum absolute atomic E-state index is 14.5. The number of amides is 11. The lowest BCUT2D eigenvalue weighted by atomic mass is 10.00. The van der Waals surface area contributed by atoms with Gasteiger partial charge in [0.15, 0.2) is 0 Å². The van der Waals surface area contributed by atoms with E-state index in [-0.39, 0.29) is 90.0 Å².